The summed E-state index contributed by atoms with van der Waals surface area (Å²) in [4.78, 5) is 4.19. The number of pyridine rings is 1. The van der Waals surface area contributed by atoms with Gasteiger partial charge < -0.3 is 0 Å². The molecule has 0 bridgehead atoms. The highest BCUT2D eigenvalue weighted by molar-refractivity contribution is 9.10. The molecule has 0 saturated carbocycles. The van der Waals surface area contributed by atoms with Crippen LogP contribution in [0.2, 0.25) is 0 Å². The average molecular weight is 232 g/mol. The summed E-state index contributed by atoms with van der Waals surface area (Å²) >= 11 is 3.25. The Morgan fingerprint density at radius 3 is 2.67 bits per heavy atom. The Morgan fingerprint density at radius 1 is 1.50 bits per heavy atom. The minimum Gasteiger partial charge on any atom is -0.250 e. The molecule has 0 atom stereocenters. The predicted octanol–water partition coefficient (Wildman–Crippen LogP) is 3.09. The van der Waals surface area contributed by atoms with Gasteiger partial charge in [0.2, 0.25) is 0 Å². The highest BCUT2D eigenvalue weighted by atomic mass is 79.9. The van der Waals surface area contributed by atoms with Crippen molar-refractivity contribution in [1.29, 1.82) is 0 Å². The van der Waals surface area contributed by atoms with E-state index in [0.717, 1.165) is 10.3 Å². The summed E-state index contributed by atoms with van der Waals surface area (Å²) < 4.78 is 13.3. The average Bonchev–Trinajstić information content (AvgIpc) is 2.05. The Bertz CT molecular complexity index is 273. The predicted molar refractivity (Wildman–Crippen MR) is 50.9 cm³/mol. The highest BCUT2D eigenvalue weighted by Crippen LogP contribution is 2.22. The zero-order valence-corrected chi connectivity index (χ0v) is 8.73. The van der Waals surface area contributed by atoms with Gasteiger partial charge in [0.25, 0.3) is 0 Å². The molecule has 0 amide bonds. The van der Waals surface area contributed by atoms with E-state index < -0.39 is 12.1 Å². The van der Waals surface area contributed by atoms with E-state index in [1.165, 1.54) is 0 Å². The largest absolute Gasteiger partial charge is 0.250 e. The van der Waals surface area contributed by atoms with E-state index in [0.29, 0.717) is 0 Å². The second kappa shape index (κ2) is 3.52. The topological polar surface area (TPSA) is 12.9 Å². The molecule has 0 N–H and O–H groups in total. The van der Waals surface area contributed by atoms with E-state index in [9.17, 15) is 4.39 Å². The molecule has 3 heteroatoms. The zero-order valence-electron chi connectivity index (χ0n) is 7.14. The number of alkyl halides is 1. The first-order valence-corrected chi connectivity index (χ1v) is 4.54. The van der Waals surface area contributed by atoms with Crippen molar-refractivity contribution >= 4 is 15.9 Å². The number of hydrogen-bond donors (Lipinski definition) is 0. The van der Waals surface area contributed by atoms with Crippen LogP contribution in [0.15, 0.2) is 22.8 Å². The maximum atomic E-state index is 12.5. The highest BCUT2D eigenvalue weighted by Gasteiger charge is 2.21. The van der Waals surface area contributed by atoms with E-state index in [1.807, 2.05) is 32.0 Å². The molecule has 0 aromatic carbocycles. The van der Waals surface area contributed by atoms with E-state index in [-0.39, 0.29) is 0 Å². The smallest absolute Gasteiger partial charge is 0.106 e. The summed E-state index contributed by atoms with van der Waals surface area (Å²) in [6.45, 7) is 3.28. The molecule has 1 aromatic rings. The van der Waals surface area contributed by atoms with Gasteiger partial charge in [-0.15, -0.1) is 0 Å². The van der Waals surface area contributed by atoms with Crippen LogP contribution in [-0.2, 0) is 5.41 Å². The molecule has 0 fully saturated rings. The molecular weight excluding hydrogens is 221 g/mol. The fraction of sp³-hybridized carbons (Fsp3) is 0.444. The number of halogens is 2. The molecule has 0 spiro atoms. The Morgan fingerprint density at radius 2 is 2.17 bits per heavy atom. The van der Waals surface area contributed by atoms with Crippen molar-refractivity contribution in [3.8, 4) is 0 Å². The van der Waals surface area contributed by atoms with Crippen molar-refractivity contribution in [2.24, 2.45) is 0 Å². The van der Waals surface area contributed by atoms with E-state index >= 15 is 0 Å². The fourth-order valence-corrected chi connectivity index (χ4v) is 1.20. The van der Waals surface area contributed by atoms with Crippen molar-refractivity contribution in [3.63, 3.8) is 0 Å². The van der Waals surface area contributed by atoms with Gasteiger partial charge >= 0.3 is 0 Å². The molecule has 0 unspecified atom stereocenters. The molecule has 0 aliphatic heterocycles. The summed E-state index contributed by atoms with van der Waals surface area (Å²) in [6, 6.07) is 5.53. The second-order valence-electron chi connectivity index (χ2n) is 3.36. The normalized spacial score (nSPS) is 11.7. The van der Waals surface area contributed by atoms with Gasteiger partial charge in [-0.3, -0.25) is 4.39 Å². The standard InChI is InChI=1S/C9H11BrFN/c1-9(2,6-11)7-4-3-5-8(10)12-7/h3-5H,6H2,1-2H3. The minimum atomic E-state index is -0.482. The van der Waals surface area contributed by atoms with Crippen LogP contribution in [0.3, 0.4) is 0 Å². The fourth-order valence-electron chi connectivity index (χ4n) is 0.854. The lowest BCUT2D eigenvalue weighted by atomic mass is 9.91. The van der Waals surface area contributed by atoms with Gasteiger partial charge in [0.15, 0.2) is 0 Å². The van der Waals surface area contributed by atoms with E-state index in [4.69, 9.17) is 0 Å². The third-order valence-corrected chi connectivity index (χ3v) is 2.18. The van der Waals surface area contributed by atoms with Crippen LogP contribution in [0.1, 0.15) is 19.5 Å². The lowest BCUT2D eigenvalue weighted by Crippen LogP contribution is -2.21. The Kier molecular flexibility index (Phi) is 2.83. The van der Waals surface area contributed by atoms with Crippen molar-refractivity contribution in [3.05, 3.63) is 28.5 Å². The van der Waals surface area contributed by atoms with Crippen molar-refractivity contribution in [2.75, 3.05) is 6.67 Å². The molecule has 66 valence electrons. The van der Waals surface area contributed by atoms with Gasteiger partial charge in [-0.1, -0.05) is 19.9 Å². The van der Waals surface area contributed by atoms with Crippen LogP contribution in [-0.4, -0.2) is 11.7 Å². The first-order valence-electron chi connectivity index (χ1n) is 3.75. The molecular formula is C9H11BrFN. The van der Waals surface area contributed by atoms with Crippen molar-refractivity contribution in [1.82, 2.24) is 4.98 Å². The van der Waals surface area contributed by atoms with Gasteiger partial charge in [0.05, 0.1) is 0 Å². The van der Waals surface area contributed by atoms with Gasteiger partial charge in [-0.05, 0) is 28.1 Å². The molecule has 1 rings (SSSR count). The number of rotatable bonds is 2. The Labute approximate surface area is 80.1 Å². The second-order valence-corrected chi connectivity index (χ2v) is 4.18. The van der Waals surface area contributed by atoms with Gasteiger partial charge in [-0.2, -0.15) is 0 Å². The van der Waals surface area contributed by atoms with Crippen LogP contribution >= 0.6 is 15.9 Å². The number of hydrogen-bond acceptors (Lipinski definition) is 1. The van der Waals surface area contributed by atoms with Crippen LogP contribution in [0.4, 0.5) is 4.39 Å². The lowest BCUT2D eigenvalue weighted by Gasteiger charge is -2.19. The van der Waals surface area contributed by atoms with Crippen molar-refractivity contribution in [2.45, 2.75) is 19.3 Å². The maximum Gasteiger partial charge on any atom is 0.106 e. The lowest BCUT2D eigenvalue weighted by molar-refractivity contribution is 0.344. The molecule has 0 aliphatic carbocycles. The third kappa shape index (κ3) is 2.03. The third-order valence-electron chi connectivity index (χ3n) is 1.74. The summed E-state index contributed by atoms with van der Waals surface area (Å²) in [6.07, 6.45) is 0. The SMILES string of the molecule is CC(C)(CF)c1cccc(Br)n1. The van der Waals surface area contributed by atoms with E-state index in [2.05, 4.69) is 20.9 Å². The quantitative estimate of drug-likeness (QED) is 0.714. The first kappa shape index (κ1) is 9.65. The summed E-state index contributed by atoms with van der Waals surface area (Å²) in [5, 5.41) is 0. The summed E-state index contributed by atoms with van der Waals surface area (Å²) in [5.41, 5.74) is 0.295. The zero-order chi connectivity index (χ0) is 9.19. The molecule has 0 aliphatic rings. The minimum absolute atomic E-state index is 0.392. The Balaban J connectivity index is 3.03. The summed E-state index contributed by atoms with van der Waals surface area (Å²) in [5.74, 6) is 0. The molecule has 0 saturated heterocycles. The Hall–Kier alpha value is -0.440. The molecule has 1 aromatic heterocycles. The van der Waals surface area contributed by atoms with Crippen LogP contribution in [0.25, 0.3) is 0 Å². The van der Waals surface area contributed by atoms with Gasteiger partial charge in [0.1, 0.15) is 11.3 Å². The van der Waals surface area contributed by atoms with Crippen molar-refractivity contribution < 1.29 is 4.39 Å². The monoisotopic (exact) mass is 231 g/mol. The number of nitrogens with zero attached hydrogens (tertiary/aromatic N) is 1. The summed E-state index contributed by atoms with van der Waals surface area (Å²) in [7, 11) is 0. The van der Waals surface area contributed by atoms with E-state index in [1.54, 1.807) is 0 Å². The molecule has 12 heavy (non-hydrogen) atoms. The molecule has 0 radical (unpaired) electrons. The van der Waals surface area contributed by atoms with Gasteiger partial charge in [0, 0.05) is 11.1 Å². The molecule has 1 heterocycles. The van der Waals surface area contributed by atoms with Crippen LogP contribution in [0.5, 0.6) is 0 Å². The number of aromatic nitrogens is 1. The molecule has 1 nitrogen and oxygen atoms in total. The maximum absolute atomic E-state index is 12.5. The van der Waals surface area contributed by atoms with Crippen LogP contribution in [0, 0.1) is 0 Å². The van der Waals surface area contributed by atoms with Crippen LogP contribution < -0.4 is 0 Å². The first-order chi connectivity index (χ1) is 5.56. The van der Waals surface area contributed by atoms with Gasteiger partial charge in [-0.25, -0.2) is 4.98 Å².